The highest BCUT2D eigenvalue weighted by molar-refractivity contribution is 7.92. The first kappa shape index (κ1) is 24.7. The molecule has 0 saturated heterocycles. The van der Waals surface area contributed by atoms with Crippen molar-refractivity contribution in [2.45, 2.75) is 56.3 Å². The topological polar surface area (TPSA) is 127 Å². The molecule has 3 aromatic heterocycles. The SMILES string of the molecule is CCS(=N)(=O)c1cc(OC(C)(C)C#N)cnc1-c1nc2cc(C(F)(F)F)n(C3CC3)c(=O)c2n1C. The Bertz CT molecular complexity index is 1540. The van der Waals surface area contributed by atoms with Crippen LogP contribution >= 0.6 is 0 Å². The molecule has 0 spiro atoms. The number of hydrogen-bond donors (Lipinski definition) is 1. The summed E-state index contributed by atoms with van der Waals surface area (Å²) in [5.74, 6) is 0.00916. The summed E-state index contributed by atoms with van der Waals surface area (Å²) in [5, 5.41) is 9.24. The van der Waals surface area contributed by atoms with Crippen molar-refractivity contribution < 1.29 is 22.1 Å². The van der Waals surface area contributed by atoms with E-state index >= 15 is 0 Å². The van der Waals surface area contributed by atoms with Crippen molar-refractivity contribution in [3.05, 3.63) is 34.4 Å². The number of fused-ring (bicyclic) bond motifs is 1. The lowest BCUT2D eigenvalue weighted by atomic mass is 10.2. The summed E-state index contributed by atoms with van der Waals surface area (Å²) in [5.41, 5.74) is -3.36. The van der Waals surface area contributed by atoms with Gasteiger partial charge in [0.25, 0.3) is 5.56 Å². The van der Waals surface area contributed by atoms with Crippen LogP contribution in [-0.4, -0.2) is 34.7 Å². The summed E-state index contributed by atoms with van der Waals surface area (Å²) in [6.07, 6.45) is -2.54. The average Bonchev–Trinajstić information content (AvgIpc) is 3.55. The summed E-state index contributed by atoms with van der Waals surface area (Å²) >= 11 is 0. The van der Waals surface area contributed by atoms with Crippen molar-refractivity contribution in [2.75, 3.05) is 5.75 Å². The van der Waals surface area contributed by atoms with Gasteiger partial charge in [0.15, 0.2) is 11.4 Å². The van der Waals surface area contributed by atoms with Gasteiger partial charge >= 0.3 is 6.18 Å². The summed E-state index contributed by atoms with van der Waals surface area (Å²) in [6, 6.07) is 3.60. The zero-order chi connectivity index (χ0) is 25.9. The largest absolute Gasteiger partial charge is 0.471 e. The quantitative estimate of drug-likeness (QED) is 0.530. The van der Waals surface area contributed by atoms with Crippen molar-refractivity contribution in [1.82, 2.24) is 19.1 Å². The molecule has 9 nitrogen and oxygen atoms in total. The highest BCUT2D eigenvalue weighted by atomic mass is 32.2. The van der Waals surface area contributed by atoms with Crippen molar-refractivity contribution in [3.63, 3.8) is 0 Å². The smallest absolute Gasteiger partial charge is 0.431 e. The monoisotopic (exact) mass is 508 g/mol. The molecule has 0 aromatic carbocycles. The summed E-state index contributed by atoms with van der Waals surface area (Å²) < 4.78 is 70.4. The number of rotatable bonds is 6. The van der Waals surface area contributed by atoms with Crippen molar-refractivity contribution >= 4 is 20.8 Å². The predicted molar refractivity (Wildman–Crippen MR) is 121 cm³/mol. The third kappa shape index (κ3) is 4.38. The van der Waals surface area contributed by atoms with E-state index in [1.165, 1.54) is 37.7 Å². The van der Waals surface area contributed by atoms with E-state index in [9.17, 15) is 27.4 Å². The molecule has 186 valence electrons. The summed E-state index contributed by atoms with van der Waals surface area (Å²) in [6.45, 7) is 4.59. The molecule has 35 heavy (non-hydrogen) atoms. The third-order valence-corrected chi connectivity index (χ3v) is 7.56. The van der Waals surface area contributed by atoms with Crippen molar-refractivity contribution in [3.8, 4) is 23.3 Å². The maximum Gasteiger partial charge on any atom is 0.431 e. The van der Waals surface area contributed by atoms with Crippen LogP contribution in [0.2, 0.25) is 0 Å². The van der Waals surface area contributed by atoms with E-state index in [0.29, 0.717) is 12.8 Å². The Labute approximate surface area is 199 Å². The van der Waals surface area contributed by atoms with Crippen molar-refractivity contribution in [1.29, 1.82) is 10.0 Å². The molecule has 4 rings (SSSR count). The lowest BCUT2D eigenvalue weighted by molar-refractivity contribution is -0.144. The molecular weight excluding hydrogens is 485 g/mol. The van der Waals surface area contributed by atoms with Crippen LogP contribution in [0.25, 0.3) is 22.6 Å². The number of imidazole rings is 1. The Balaban J connectivity index is 1.99. The van der Waals surface area contributed by atoms with Gasteiger partial charge in [-0.25, -0.2) is 19.0 Å². The molecule has 0 amide bonds. The van der Waals surface area contributed by atoms with Gasteiger partial charge in [-0.05, 0) is 32.8 Å². The number of nitriles is 1. The van der Waals surface area contributed by atoms with Gasteiger partial charge < -0.3 is 9.30 Å². The number of nitrogens with zero attached hydrogens (tertiary/aromatic N) is 5. The molecule has 1 unspecified atom stereocenters. The Morgan fingerprint density at radius 2 is 1.97 bits per heavy atom. The van der Waals surface area contributed by atoms with Crippen LogP contribution in [0.15, 0.2) is 28.0 Å². The minimum atomic E-state index is -4.75. The number of aryl methyl sites for hydroxylation is 1. The second-order valence-electron chi connectivity index (χ2n) is 8.87. The molecule has 1 aliphatic carbocycles. The summed E-state index contributed by atoms with van der Waals surface area (Å²) in [7, 11) is -1.95. The van der Waals surface area contributed by atoms with Crippen LogP contribution in [0.1, 0.15) is 45.3 Å². The van der Waals surface area contributed by atoms with E-state index in [1.807, 2.05) is 6.07 Å². The lowest BCUT2D eigenvalue weighted by Gasteiger charge is -2.19. The molecule has 0 radical (unpaired) electrons. The predicted octanol–water partition coefficient (Wildman–Crippen LogP) is 4.26. The number of nitrogens with one attached hydrogen (secondary N) is 1. The minimum Gasteiger partial charge on any atom is -0.471 e. The molecule has 1 N–H and O–H groups in total. The van der Waals surface area contributed by atoms with Gasteiger partial charge in [-0.2, -0.15) is 18.4 Å². The highest BCUT2D eigenvalue weighted by Gasteiger charge is 2.40. The normalized spacial score (nSPS) is 16.2. The van der Waals surface area contributed by atoms with Gasteiger partial charge in [-0.3, -0.25) is 9.36 Å². The molecule has 1 atom stereocenters. The highest BCUT2D eigenvalue weighted by Crippen LogP contribution is 2.40. The minimum absolute atomic E-state index is 0.00621. The van der Waals surface area contributed by atoms with Gasteiger partial charge in [0.05, 0.1) is 26.3 Å². The van der Waals surface area contributed by atoms with E-state index in [2.05, 4.69) is 9.97 Å². The molecule has 0 bridgehead atoms. The molecular formula is C22H23F3N6O3S. The van der Waals surface area contributed by atoms with Gasteiger partial charge in [0, 0.05) is 24.9 Å². The molecule has 1 saturated carbocycles. The second-order valence-corrected chi connectivity index (χ2v) is 11.2. The Hall–Kier alpha value is -3.40. The average molecular weight is 509 g/mol. The van der Waals surface area contributed by atoms with Gasteiger partial charge in [0.1, 0.15) is 28.7 Å². The van der Waals surface area contributed by atoms with Crippen LogP contribution in [-0.2, 0) is 23.0 Å². The molecule has 3 aromatic rings. The van der Waals surface area contributed by atoms with E-state index in [1.54, 1.807) is 6.92 Å². The number of halogens is 3. The van der Waals surface area contributed by atoms with Crippen LogP contribution in [0.5, 0.6) is 5.75 Å². The van der Waals surface area contributed by atoms with Crippen LogP contribution in [0, 0.1) is 16.1 Å². The maximum atomic E-state index is 13.7. The fourth-order valence-corrected chi connectivity index (χ4v) is 4.87. The number of alkyl halides is 3. The second kappa shape index (κ2) is 8.08. The lowest BCUT2D eigenvalue weighted by Crippen LogP contribution is -2.28. The summed E-state index contributed by atoms with van der Waals surface area (Å²) in [4.78, 5) is 21.6. The van der Waals surface area contributed by atoms with Crippen molar-refractivity contribution in [2.24, 2.45) is 7.05 Å². The third-order valence-electron chi connectivity index (χ3n) is 5.72. The number of hydrogen-bond acceptors (Lipinski definition) is 7. The molecule has 3 heterocycles. The van der Waals surface area contributed by atoms with Crippen LogP contribution in [0.4, 0.5) is 13.2 Å². The first-order chi connectivity index (χ1) is 16.2. The Morgan fingerprint density at radius 1 is 1.31 bits per heavy atom. The number of ether oxygens (including phenoxy) is 1. The van der Waals surface area contributed by atoms with E-state index in [0.717, 1.165) is 10.6 Å². The molecule has 0 aliphatic heterocycles. The molecule has 1 fully saturated rings. The first-order valence-electron chi connectivity index (χ1n) is 10.8. The van der Waals surface area contributed by atoms with E-state index < -0.39 is 38.8 Å². The number of aromatic nitrogens is 4. The van der Waals surface area contributed by atoms with E-state index in [4.69, 9.17) is 9.52 Å². The van der Waals surface area contributed by atoms with Gasteiger partial charge in [-0.15, -0.1) is 0 Å². The Morgan fingerprint density at radius 3 is 2.51 bits per heavy atom. The Kier molecular flexibility index (Phi) is 5.71. The van der Waals surface area contributed by atoms with Crippen LogP contribution < -0.4 is 10.3 Å². The first-order valence-corrected chi connectivity index (χ1v) is 12.5. The number of pyridine rings is 2. The molecule has 13 heteroatoms. The van der Waals surface area contributed by atoms with Gasteiger partial charge in [-0.1, -0.05) is 6.92 Å². The standard InChI is InChI=1S/C22H23F3N6O3S/c1-5-35(27,33)15-8-13(34-21(2,3)11-26)10-28-17(15)19-29-14-9-16(22(23,24)25)31(12-6-7-12)20(32)18(14)30(19)4/h8-10,12,27H,5-7H2,1-4H3. The fourth-order valence-electron chi connectivity index (χ4n) is 3.80. The maximum absolute atomic E-state index is 13.7. The zero-order valence-corrected chi connectivity index (χ0v) is 20.3. The fraction of sp³-hybridized carbons (Fsp3) is 0.455. The zero-order valence-electron chi connectivity index (χ0n) is 19.4. The van der Waals surface area contributed by atoms with Gasteiger partial charge in [0.2, 0.25) is 0 Å². The molecule has 1 aliphatic rings. The van der Waals surface area contributed by atoms with Crippen LogP contribution in [0.3, 0.4) is 0 Å². The van der Waals surface area contributed by atoms with E-state index in [-0.39, 0.29) is 38.9 Å².